The Balaban J connectivity index is 2.13. The van der Waals surface area contributed by atoms with Crippen molar-refractivity contribution in [1.29, 1.82) is 0 Å². The summed E-state index contributed by atoms with van der Waals surface area (Å²) in [7, 11) is 0. The second-order valence-electron chi connectivity index (χ2n) is 6.50. The van der Waals surface area contributed by atoms with Crippen LogP contribution in [0.1, 0.15) is 44.9 Å². The molecule has 2 rings (SSSR count). The van der Waals surface area contributed by atoms with Gasteiger partial charge in [-0.15, -0.1) is 0 Å². The van der Waals surface area contributed by atoms with E-state index >= 15 is 0 Å². The van der Waals surface area contributed by atoms with Gasteiger partial charge in [0, 0.05) is 12.1 Å². The summed E-state index contributed by atoms with van der Waals surface area (Å²) in [6.45, 7) is 1.14. The number of hydrogen-bond acceptors (Lipinski definition) is 2. The average Bonchev–Trinajstić information content (AvgIpc) is 2.94. The minimum Gasteiger partial charge on any atom is -0.314 e. The Hall–Kier alpha value is -0.500. The van der Waals surface area contributed by atoms with E-state index in [-0.39, 0.29) is 0 Å². The molecule has 0 aliphatic carbocycles. The van der Waals surface area contributed by atoms with Gasteiger partial charge in [-0.25, -0.2) is 0 Å². The van der Waals surface area contributed by atoms with Crippen LogP contribution in [0.4, 0.5) is 26.3 Å². The second kappa shape index (κ2) is 7.59. The SMILES string of the molecule is FC(F)(F)[C](CC1CCCCN1)C(CC1CCCN1)C(F)(F)F. The van der Waals surface area contributed by atoms with Crippen LogP contribution in [-0.4, -0.2) is 37.5 Å². The molecule has 2 saturated heterocycles. The summed E-state index contributed by atoms with van der Waals surface area (Å²) in [5.74, 6) is -3.74. The third kappa shape index (κ3) is 5.52. The molecule has 0 amide bonds. The fourth-order valence-electron chi connectivity index (χ4n) is 3.54. The monoisotopic (exact) mass is 345 g/mol. The molecule has 0 saturated carbocycles. The van der Waals surface area contributed by atoms with Crippen LogP contribution in [0, 0.1) is 11.8 Å². The first kappa shape index (κ1) is 18.8. The van der Waals surface area contributed by atoms with Crippen molar-refractivity contribution in [3.05, 3.63) is 5.92 Å². The van der Waals surface area contributed by atoms with Crippen LogP contribution in [0.25, 0.3) is 0 Å². The number of piperidine rings is 1. The third-order valence-electron chi connectivity index (χ3n) is 4.74. The lowest BCUT2D eigenvalue weighted by molar-refractivity contribution is -0.207. The topological polar surface area (TPSA) is 24.1 Å². The molecule has 23 heavy (non-hydrogen) atoms. The highest BCUT2D eigenvalue weighted by atomic mass is 19.4. The van der Waals surface area contributed by atoms with Crippen LogP contribution in [0.5, 0.6) is 0 Å². The summed E-state index contributed by atoms with van der Waals surface area (Å²) in [5.41, 5.74) is 0. The number of rotatable bonds is 5. The van der Waals surface area contributed by atoms with E-state index in [9.17, 15) is 26.3 Å². The van der Waals surface area contributed by atoms with E-state index in [2.05, 4.69) is 10.6 Å². The molecular weight excluding hydrogens is 322 g/mol. The number of hydrogen-bond donors (Lipinski definition) is 2. The van der Waals surface area contributed by atoms with Gasteiger partial charge in [-0.3, -0.25) is 0 Å². The molecule has 2 aliphatic rings. The zero-order chi connectivity index (χ0) is 17.1. The van der Waals surface area contributed by atoms with Gasteiger partial charge in [-0.05, 0) is 51.6 Å². The van der Waals surface area contributed by atoms with Gasteiger partial charge in [0.2, 0.25) is 0 Å². The van der Waals surface area contributed by atoms with E-state index in [0.717, 1.165) is 12.8 Å². The van der Waals surface area contributed by atoms with E-state index in [1.54, 1.807) is 0 Å². The minimum absolute atomic E-state index is 0.488. The van der Waals surface area contributed by atoms with E-state index in [1.165, 1.54) is 0 Å². The van der Waals surface area contributed by atoms with Gasteiger partial charge >= 0.3 is 12.4 Å². The Morgan fingerprint density at radius 2 is 1.48 bits per heavy atom. The van der Waals surface area contributed by atoms with Gasteiger partial charge in [-0.2, -0.15) is 26.3 Å². The fraction of sp³-hybridized carbons (Fsp3) is 0.933. The lowest BCUT2D eigenvalue weighted by Gasteiger charge is -2.35. The summed E-state index contributed by atoms with van der Waals surface area (Å²) in [5, 5.41) is 5.79. The van der Waals surface area contributed by atoms with Crippen molar-refractivity contribution in [3.63, 3.8) is 0 Å². The predicted octanol–water partition coefficient (Wildman–Crippen LogP) is 3.98. The average molecular weight is 345 g/mol. The normalized spacial score (nSPS) is 28.3. The summed E-state index contributed by atoms with van der Waals surface area (Å²) in [4.78, 5) is 0. The van der Waals surface area contributed by atoms with Crippen LogP contribution >= 0.6 is 0 Å². The van der Waals surface area contributed by atoms with Crippen molar-refractivity contribution in [1.82, 2.24) is 10.6 Å². The summed E-state index contributed by atoms with van der Waals surface area (Å²) in [6.07, 6.45) is -7.57. The smallest absolute Gasteiger partial charge is 0.314 e. The Morgan fingerprint density at radius 1 is 0.870 bits per heavy atom. The zero-order valence-electron chi connectivity index (χ0n) is 12.9. The second-order valence-corrected chi connectivity index (χ2v) is 6.50. The van der Waals surface area contributed by atoms with Gasteiger partial charge in [0.05, 0.1) is 11.8 Å². The highest BCUT2D eigenvalue weighted by Crippen LogP contribution is 2.47. The molecule has 3 unspecified atom stereocenters. The summed E-state index contributed by atoms with van der Waals surface area (Å²) >= 11 is 0. The van der Waals surface area contributed by atoms with Crippen LogP contribution in [0.2, 0.25) is 0 Å². The van der Waals surface area contributed by atoms with E-state index in [4.69, 9.17) is 0 Å². The van der Waals surface area contributed by atoms with Gasteiger partial charge in [0.15, 0.2) is 0 Å². The molecule has 0 aromatic heterocycles. The summed E-state index contributed by atoms with van der Waals surface area (Å²) < 4.78 is 80.0. The van der Waals surface area contributed by atoms with Gasteiger partial charge in [0.1, 0.15) is 0 Å². The van der Waals surface area contributed by atoms with Crippen LogP contribution in [0.15, 0.2) is 0 Å². The first-order valence-corrected chi connectivity index (χ1v) is 8.14. The molecule has 2 N–H and O–H groups in total. The molecule has 1 radical (unpaired) electrons. The molecular formula is C15H23F6N2. The van der Waals surface area contributed by atoms with Crippen molar-refractivity contribution in [3.8, 4) is 0 Å². The molecule has 8 heteroatoms. The summed E-state index contributed by atoms with van der Waals surface area (Å²) in [6, 6.07) is -1.000. The first-order chi connectivity index (χ1) is 10.7. The maximum Gasteiger partial charge on any atom is 0.396 e. The molecule has 0 bridgehead atoms. The van der Waals surface area contributed by atoms with Crippen molar-refractivity contribution in [2.75, 3.05) is 13.1 Å². The standard InChI is InChI=1S/C15H23F6N2/c16-14(17,18)12(8-10-4-1-2-6-22-10)13(15(19,20)21)9-11-5-3-7-23-11/h10-11,13,22-23H,1-9H2. The molecule has 0 aromatic carbocycles. The molecule has 2 aliphatic heterocycles. The lowest BCUT2D eigenvalue weighted by atomic mass is 9.80. The van der Waals surface area contributed by atoms with Gasteiger partial charge in [0.25, 0.3) is 0 Å². The molecule has 2 fully saturated rings. The van der Waals surface area contributed by atoms with Crippen molar-refractivity contribution >= 4 is 0 Å². The van der Waals surface area contributed by atoms with Crippen molar-refractivity contribution < 1.29 is 26.3 Å². The highest BCUT2D eigenvalue weighted by molar-refractivity contribution is 5.09. The van der Waals surface area contributed by atoms with Crippen LogP contribution < -0.4 is 10.6 Å². The number of alkyl halides is 6. The molecule has 0 spiro atoms. The largest absolute Gasteiger partial charge is 0.396 e. The third-order valence-corrected chi connectivity index (χ3v) is 4.74. The quantitative estimate of drug-likeness (QED) is 0.737. The van der Waals surface area contributed by atoms with Gasteiger partial charge < -0.3 is 10.6 Å². The molecule has 2 nitrogen and oxygen atoms in total. The van der Waals surface area contributed by atoms with Crippen LogP contribution in [-0.2, 0) is 0 Å². The molecule has 135 valence electrons. The Kier molecular flexibility index (Phi) is 6.22. The maximum atomic E-state index is 13.3. The van der Waals surface area contributed by atoms with Crippen molar-refractivity contribution in [2.45, 2.75) is 69.4 Å². The first-order valence-electron chi connectivity index (χ1n) is 8.14. The Morgan fingerprint density at radius 3 is 1.96 bits per heavy atom. The van der Waals surface area contributed by atoms with E-state index in [0.29, 0.717) is 32.4 Å². The van der Waals surface area contributed by atoms with Crippen LogP contribution in [0.3, 0.4) is 0 Å². The number of nitrogens with one attached hydrogen (secondary N) is 2. The Bertz CT molecular complexity index is 356. The van der Waals surface area contributed by atoms with E-state index < -0.39 is 49.1 Å². The highest BCUT2D eigenvalue weighted by Gasteiger charge is 2.56. The number of halogens is 6. The minimum atomic E-state index is -4.92. The molecule has 0 aromatic rings. The lowest BCUT2D eigenvalue weighted by Crippen LogP contribution is -2.45. The van der Waals surface area contributed by atoms with Gasteiger partial charge in [-0.1, -0.05) is 6.42 Å². The molecule has 2 heterocycles. The zero-order valence-corrected chi connectivity index (χ0v) is 12.9. The maximum absolute atomic E-state index is 13.3. The van der Waals surface area contributed by atoms with Crippen molar-refractivity contribution in [2.24, 2.45) is 5.92 Å². The van der Waals surface area contributed by atoms with E-state index in [1.807, 2.05) is 0 Å². The molecule has 3 atom stereocenters. The Labute approximate surface area is 132 Å². The predicted molar refractivity (Wildman–Crippen MR) is 74.7 cm³/mol. The fourth-order valence-corrected chi connectivity index (χ4v) is 3.54.